The molecule has 2 heterocycles. The van der Waals surface area contributed by atoms with E-state index in [2.05, 4.69) is 21.0 Å². The van der Waals surface area contributed by atoms with Gasteiger partial charge in [0.05, 0.1) is 39.7 Å². The fourth-order valence-corrected chi connectivity index (χ4v) is 4.84. The lowest BCUT2D eigenvalue weighted by atomic mass is 10.3. The molecule has 4 aromatic rings. The predicted octanol–water partition coefficient (Wildman–Crippen LogP) is 4.88. The third-order valence-electron chi connectivity index (χ3n) is 4.72. The Morgan fingerprint density at radius 2 is 2.07 bits per heavy atom. The summed E-state index contributed by atoms with van der Waals surface area (Å²) in [4.78, 5) is 27.0. The molecular formula is C21H22N4O2S2. The summed E-state index contributed by atoms with van der Waals surface area (Å²) < 4.78 is 6.66. The van der Waals surface area contributed by atoms with Gasteiger partial charge in [-0.2, -0.15) is 0 Å². The van der Waals surface area contributed by atoms with Crippen molar-refractivity contribution in [2.45, 2.75) is 25.0 Å². The number of nitrogens with one attached hydrogen (secondary N) is 1. The SMILES string of the molecule is CCOc1ccc2nc(SCC(=O)N(C)[C@H](C)c3nc4ccccc4s3)[nH]c2c1. The normalized spacial score (nSPS) is 12.4. The van der Waals surface area contributed by atoms with Crippen molar-refractivity contribution in [1.29, 1.82) is 0 Å². The van der Waals surface area contributed by atoms with Crippen molar-refractivity contribution in [3.63, 3.8) is 0 Å². The molecule has 1 atom stereocenters. The Hall–Kier alpha value is -2.58. The minimum atomic E-state index is -0.0788. The van der Waals surface area contributed by atoms with Crippen LogP contribution < -0.4 is 4.74 Å². The van der Waals surface area contributed by atoms with E-state index < -0.39 is 0 Å². The van der Waals surface area contributed by atoms with Gasteiger partial charge in [0.15, 0.2) is 5.16 Å². The number of benzene rings is 2. The number of carbonyl (C=O) groups is 1. The van der Waals surface area contributed by atoms with Gasteiger partial charge in [-0.05, 0) is 38.1 Å². The molecule has 29 heavy (non-hydrogen) atoms. The molecule has 150 valence electrons. The van der Waals surface area contributed by atoms with E-state index in [0.717, 1.165) is 37.2 Å². The smallest absolute Gasteiger partial charge is 0.233 e. The highest BCUT2D eigenvalue weighted by Crippen LogP contribution is 2.29. The summed E-state index contributed by atoms with van der Waals surface area (Å²) in [6.45, 7) is 4.58. The molecule has 0 unspecified atom stereocenters. The fraction of sp³-hybridized carbons (Fsp3) is 0.286. The minimum Gasteiger partial charge on any atom is -0.494 e. The largest absolute Gasteiger partial charge is 0.494 e. The van der Waals surface area contributed by atoms with E-state index in [0.29, 0.717) is 12.4 Å². The lowest BCUT2D eigenvalue weighted by Gasteiger charge is -2.22. The standard InChI is InChI=1S/C21H22N4O2S2/c1-4-27-14-9-10-15-17(11-14)24-21(23-15)28-12-19(26)25(3)13(2)20-22-16-7-5-6-8-18(16)29-20/h5-11,13H,4,12H2,1-3H3,(H,23,24)/t13-/m1/s1. The number of fused-ring (bicyclic) bond motifs is 2. The number of aromatic nitrogens is 3. The van der Waals surface area contributed by atoms with Crippen LogP contribution in [0.5, 0.6) is 5.75 Å². The topological polar surface area (TPSA) is 71.1 Å². The van der Waals surface area contributed by atoms with Crippen molar-refractivity contribution in [3.8, 4) is 5.75 Å². The molecule has 4 rings (SSSR count). The Bertz CT molecular complexity index is 1120. The number of thiazole rings is 1. The molecule has 0 saturated carbocycles. The summed E-state index contributed by atoms with van der Waals surface area (Å²) in [6, 6.07) is 13.7. The molecule has 0 radical (unpaired) electrons. The number of nitrogens with zero attached hydrogens (tertiary/aromatic N) is 3. The summed E-state index contributed by atoms with van der Waals surface area (Å²) >= 11 is 3.04. The summed E-state index contributed by atoms with van der Waals surface area (Å²) in [5, 5.41) is 1.67. The predicted molar refractivity (Wildman–Crippen MR) is 119 cm³/mol. The maximum absolute atomic E-state index is 12.7. The van der Waals surface area contributed by atoms with Crippen LogP contribution in [0.25, 0.3) is 21.3 Å². The van der Waals surface area contributed by atoms with E-state index in [4.69, 9.17) is 4.74 Å². The third-order valence-corrected chi connectivity index (χ3v) is 6.78. The van der Waals surface area contributed by atoms with Gasteiger partial charge in [0.2, 0.25) is 5.91 Å². The van der Waals surface area contributed by atoms with Crippen LogP contribution in [0.2, 0.25) is 0 Å². The first-order valence-corrected chi connectivity index (χ1v) is 11.2. The number of amides is 1. The second-order valence-electron chi connectivity index (χ2n) is 6.64. The van der Waals surface area contributed by atoms with Crippen molar-refractivity contribution in [3.05, 3.63) is 47.5 Å². The van der Waals surface area contributed by atoms with Gasteiger partial charge >= 0.3 is 0 Å². The van der Waals surface area contributed by atoms with Gasteiger partial charge in [-0.15, -0.1) is 11.3 Å². The number of hydrogen-bond donors (Lipinski definition) is 1. The maximum atomic E-state index is 12.7. The summed E-state index contributed by atoms with van der Waals surface area (Å²) in [5.74, 6) is 1.15. The minimum absolute atomic E-state index is 0.0391. The molecule has 1 N–H and O–H groups in total. The summed E-state index contributed by atoms with van der Waals surface area (Å²) in [5.41, 5.74) is 2.74. The zero-order valence-electron chi connectivity index (χ0n) is 16.5. The Labute approximate surface area is 177 Å². The van der Waals surface area contributed by atoms with E-state index in [1.165, 1.54) is 11.8 Å². The molecule has 0 aliphatic heterocycles. The molecule has 2 aromatic heterocycles. The first kappa shape index (κ1) is 19.7. The molecule has 1 amide bonds. The second-order valence-corrected chi connectivity index (χ2v) is 8.67. The van der Waals surface area contributed by atoms with Gasteiger partial charge < -0.3 is 14.6 Å². The molecular weight excluding hydrogens is 404 g/mol. The summed E-state index contributed by atoms with van der Waals surface area (Å²) in [6.07, 6.45) is 0. The van der Waals surface area contributed by atoms with Gasteiger partial charge in [0.25, 0.3) is 0 Å². The Morgan fingerprint density at radius 3 is 2.86 bits per heavy atom. The molecule has 0 saturated heterocycles. The molecule has 0 spiro atoms. The van der Waals surface area contributed by atoms with Gasteiger partial charge in [-0.3, -0.25) is 4.79 Å². The molecule has 8 heteroatoms. The Balaban J connectivity index is 1.41. The van der Waals surface area contributed by atoms with Crippen LogP contribution >= 0.6 is 23.1 Å². The third kappa shape index (κ3) is 4.23. The zero-order chi connectivity index (χ0) is 20.4. The van der Waals surface area contributed by atoms with Crippen LogP contribution in [-0.2, 0) is 4.79 Å². The molecule has 2 aromatic carbocycles. The maximum Gasteiger partial charge on any atom is 0.233 e. The molecule has 6 nitrogen and oxygen atoms in total. The van der Waals surface area contributed by atoms with Gasteiger partial charge in [0, 0.05) is 13.1 Å². The number of thioether (sulfide) groups is 1. The van der Waals surface area contributed by atoms with Crippen LogP contribution in [0.3, 0.4) is 0 Å². The Kier molecular flexibility index (Phi) is 5.73. The molecule has 0 aliphatic carbocycles. The number of rotatable bonds is 7. The van der Waals surface area contributed by atoms with Crippen LogP contribution in [-0.4, -0.2) is 45.2 Å². The number of carbonyl (C=O) groups excluding carboxylic acids is 1. The number of aromatic amines is 1. The van der Waals surface area contributed by atoms with Crippen molar-refractivity contribution < 1.29 is 9.53 Å². The monoisotopic (exact) mass is 426 g/mol. The zero-order valence-corrected chi connectivity index (χ0v) is 18.1. The Morgan fingerprint density at radius 1 is 1.24 bits per heavy atom. The highest BCUT2D eigenvalue weighted by atomic mass is 32.2. The van der Waals surface area contributed by atoms with E-state index in [9.17, 15) is 4.79 Å². The van der Waals surface area contributed by atoms with Crippen LogP contribution in [0, 0.1) is 0 Å². The van der Waals surface area contributed by atoms with Gasteiger partial charge in [-0.1, -0.05) is 23.9 Å². The number of H-pyrrole nitrogens is 1. The average Bonchev–Trinajstić information content (AvgIpc) is 3.34. The first-order valence-electron chi connectivity index (χ1n) is 9.41. The van der Waals surface area contributed by atoms with Crippen molar-refractivity contribution in [1.82, 2.24) is 19.9 Å². The van der Waals surface area contributed by atoms with Crippen LogP contribution in [0.1, 0.15) is 24.9 Å². The highest BCUT2D eigenvalue weighted by molar-refractivity contribution is 7.99. The lowest BCUT2D eigenvalue weighted by molar-refractivity contribution is -0.128. The molecule has 0 fully saturated rings. The van der Waals surface area contributed by atoms with E-state index >= 15 is 0 Å². The fourth-order valence-electron chi connectivity index (χ4n) is 2.97. The van der Waals surface area contributed by atoms with E-state index in [1.54, 1.807) is 16.2 Å². The van der Waals surface area contributed by atoms with E-state index in [-0.39, 0.29) is 11.9 Å². The summed E-state index contributed by atoms with van der Waals surface area (Å²) in [7, 11) is 1.83. The molecule has 0 aliphatic rings. The van der Waals surface area contributed by atoms with Crippen LogP contribution in [0.15, 0.2) is 47.6 Å². The van der Waals surface area contributed by atoms with Gasteiger partial charge in [0.1, 0.15) is 10.8 Å². The average molecular weight is 427 g/mol. The number of para-hydroxylation sites is 1. The number of ether oxygens (including phenoxy) is 1. The first-order chi connectivity index (χ1) is 14.0. The van der Waals surface area contributed by atoms with Gasteiger partial charge in [-0.25, -0.2) is 9.97 Å². The highest BCUT2D eigenvalue weighted by Gasteiger charge is 2.21. The van der Waals surface area contributed by atoms with Crippen LogP contribution in [0.4, 0.5) is 0 Å². The number of hydrogen-bond acceptors (Lipinski definition) is 6. The number of imidazole rings is 1. The lowest BCUT2D eigenvalue weighted by Crippen LogP contribution is -2.31. The quantitative estimate of drug-likeness (QED) is 0.426. The van der Waals surface area contributed by atoms with Crippen molar-refractivity contribution >= 4 is 50.3 Å². The van der Waals surface area contributed by atoms with E-state index in [1.807, 2.05) is 57.3 Å². The second kappa shape index (κ2) is 8.42. The van der Waals surface area contributed by atoms with Crippen molar-refractivity contribution in [2.75, 3.05) is 19.4 Å². The van der Waals surface area contributed by atoms with Crippen molar-refractivity contribution in [2.24, 2.45) is 0 Å². The molecule has 0 bridgehead atoms.